The van der Waals surface area contributed by atoms with Crippen molar-refractivity contribution >= 4 is 7.82 Å². The summed E-state index contributed by atoms with van der Waals surface area (Å²) in [5, 5.41) is 0. The molecule has 0 radical (unpaired) electrons. The zero-order valence-electron chi connectivity index (χ0n) is 17.9. The van der Waals surface area contributed by atoms with Gasteiger partial charge >= 0.3 is 5.69 Å². The van der Waals surface area contributed by atoms with E-state index in [4.69, 9.17) is 29.7 Å². The van der Waals surface area contributed by atoms with Crippen LogP contribution in [0.3, 0.4) is 0 Å². The van der Waals surface area contributed by atoms with Crippen LogP contribution in [0.25, 0.3) is 0 Å². The molecule has 11 nitrogen and oxygen atoms in total. The largest absolute Gasteiger partial charge is 0.756 e. The Kier molecular flexibility index (Phi) is 9.21. The number of hydrogen-bond donors (Lipinski definition) is 1. The Morgan fingerprint density at radius 3 is 2.61 bits per heavy atom. The third-order valence-corrected chi connectivity index (χ3v) is 5.15. The molecule has 174 valence electrons. The molecule has 0 saturated carbocycles. The highest BCUT2D eigenvalue weighted by molar-refractivity contribution is 7.45. The summed E-state index contributed by atoms with van der Waals surface area (Å²) < 4.78 is 40.8. The average Bonchev–Trinajstić information content (AvgIpc) is 2.99. The van der Waals surface area contributed by atoms with Gasteiger partial charge in [0.2, 0.25) is 0 Å². The molecule has 1 saturated heterocycles. The summed E-state index contributed by atoms with van der Waals surface area (Å²) in [5.41, 5.74) is -1.36. The molecular formula is C19H28N2O9P-. The second-order valence-corrected chi connectivity index (χ2v) is 9.01. The summed E-state index contributed by atoms with van der Waals surface area (Å²) in [7, 11) is -4.75. The van der Waals surface area contributed by atoms with Crippen molar-refractivity contribution in [3.63, 3.8) is 0 Å². The Morgan fingerprint density at radius 1 is 1.32 bits per heavy atom. The Bertz CT molecular complexity index is 920. The molecule has 1 aliphatic heterocycles. The SMILES string of the molecule is C#CCOC1[C@@H](OP(=O)([O-])OCC(C)C)[C@@H](COC(C)C)O[C@H]1n1ccc(=O)[nH]c1=O. The molecule has 31 heavy (non-hydrogen) atoms. The first kappa shape index (κ1) is 25.5. The lowest BCUT2D eigenvalue weighted by Crippen LogP contribution is -2.41. The monoisotopic (exact) mass is 459 g/mol. The normalized spacial score (nSPS) is 25.6. The maximum absolute atomic E-state index is 12.4. The van der Waals surface area contributed by atoms with Crippen LogP contribution in [0.15, 0.2) is 21.9 Å². The number of nitrogens with one attached hydrogen (secondary N) is 1. The molecule has 2 unspecified atom stereocenters. The fourth-order valence-electron chi connectivity index (χ4n) is 2.85. The predicted molar refractivity (Wildman–Crippen MR) is 108 cm³/mol. The fraction of sp³-hybridized carbons (Fsp3) is 0.684. The zero-order valence-corrected chi connectivity index (χ0v) is 18.8. The molecule has 0 aliphatic carbocycles. The standard InChI is InChI=1S/C19H29N2O9P/c1-6-9-26-17-16(30-31(24,25)28-10-12(2)3)14(11-27-13(4)5)29-18(17)21-8-7-15(22)20-19(21)23/h1,7-8,12-14,16-18H,9-11H2,2-5H3,(H,24,25)(H,20,22,23)/p-1/t14-,16+,17?,18-/m1/s1. The van der Waals surface area contributed by atoms with Gasteiger partial charge in [-0.05, 0) is 19.8 Å². The molecule has 1 aromatic rings. The minimum Gasteiger partial charge on any atom is -0.756 e. The van der Waals surface area contributed by atoms with Crippen molar-refractivity contribution in [3.05, 3.63) is 33.1 Å². The lowest BCUT2D eigenvalue weighted by Gasteiger charge is -2.31. The summed E-state index contributed by atoms with van der Waals surface area (Å²) >= 11 is 0. The minimum absolute atomic E-state index is 0.0446. The smallest absolute Gasteiger partial charge is 0.330 e. The maximum atomic E-state index is 12.4. The van der Waals surface area contributed by atoms with Gasteiger partial charge < -0.3 is 28.2 Å². The summed E-state index contributed by atoms with van der Waals surface area (Å²) in [6, 6.07) is 1.13. The van der Waals surface area contributed by atoms with E-state index in [0.717, 1.165) is 10.6 Å². The lowest BCUT2D eigenvalue weighted by atomic mass is 10.1. The van der Waals surface area contributed by atoms with Crippen LogP contribution in [0.1, 0.15) is 33.9 Å². The second-order valence-electron chi connectivity index (χ2n) is 7.65. The number of ether oxygens (including phenoxy) is 3. The van der Waals surface area contributed by atoms with Crippen molar-refractivity contribution in [2.75, 3.05) is 19.8 Å². The number of H-pyrrole nitrogens is 1. The topological polar surface area (TPSA) is 141 Å². The minimum atomic E-state index is -4.75. The van der Waals surface area contributed by atoms with E-state index in [1.54, 1.807) is 27.7 Å². The number of aromatic amines is 1. The first-order valence-electron chi connectivity index (χ1n) is 9.81. The van der Waals surface area contributed by atoms with Gasteiger partial charge in [-0.15, -0.1) is 6.42 Å². The number of rotatable bonds is 11. The summed E-state index contributed by atoms with van der Waals surface area (Å²) in [6.45, 7) is 6.86. The van der Waals surface area contributed by atoms with Crippen molar-refractivity contribution in [2.24, 2.45) is 5.92 Å². The Morgan fingerprint density at radius 2 is 2.03 bits per heavy atom. The van der Waals surface area contributed by atoms with Crippen molar-refractivity contribution in [1.29, 1.82) is 0 Å². The molecule has 0 aromatic carbocycles. The predicted octanol–water partition coefficient (Wildman–Crippen LogP) is 0.404. The van der Waals surface area contributed by atoms with Gasteiger partial charge in [-0.2, -0.15) is 0 Å². The highest BCUT2D eigenvalue weighted by atomic mass is 31.2. The third-order valence-electron chi connectivity index (χ3n) is 4.18. The zero-order chi connectivity index (χ0) is 23.2. The van der Waals surface area contributed by atoms with E-state index >= 15 is 0 Å². The van der Waals surface area contributed by atoms with Gasteiger partial charge in [0.25, 0.3) is 13.4 Å². The van der Waals surface area contributed by atoms with Crippen LogP contribution in [-0.4, -0.2) is 53.8 Å². The van der Waals surface area contributed by atoms with E-state index in [1.165, 1.54) is 6.20 Å². The molecule has 12 heteroatoms. The Balaban J connectivity index is 2.38. The van der Waals surface area contributed by atoms with Gasteiger partial charge in [-0.3, -0.25) is 18.9 Å². The highest BCUT2D eigenvalue weighted by Crippen LogP contribution is 2.46. The van der Waals surface area contributed by atoms with Gasteiger partial charge in [0, 0.05) is 12.3 Å². The quantitative estimate of drug-likeness (QED) is 0.368. The van der Waals surface area contributed by atoms with E-state index in [0.29, 0.717) is 0 Å². The maximum Gasteiger partial charge on any atom is 0.330 e. The van der Waals surface area contributed by atoms with E-state index in [1.807, 2.05) is 0 Å². The number of phosphoric ester groups is 1. The van der Waals surface area contributed by atoms with Crippen LogP contribution in [0, 0.1) is 18.3 Å². The van der Waals surface area contributed by atoms with Crippen LogP contribution in [0.2, 0.25) is 0 Å². The van der Waals surface area contributed by atoms with Gasteiger partial charge in [0.15, 0.2) is 6.23 Å². The number of aromatic nitrogens is 2. The van der Waals surface area contributed by atoms with Gasteiger partial charge in [-0.1, -0.05) is 19.8 Å². The highest BCUT2D eigenvalue weighted by Gasteiger charge is 2.49. The molecule has 1 aliphatic rings. The lowest BCUT2D eigenvalue weighted by molar-refractivity contribution is -0.235. The van der Waals surface area contributed by atoms with Gasteiger partial charge in [-0.25, -0.2) is 4.79 Å². The second kappa shape index (κ2) is 11.2. The third kappa shape index (κ3) is 7.40. The first-order valence-corrected chi connectivity index (χ1v) is 11.3. The summed E-state index contributed by atoms with van der Waals surface area (Å²) in [4.78, 5) is 38.3. The molecular weight excluding hydrogens is 431 g/mol. The van der Waals surface area contributed by atoms with E-state index in [-0.39, 0.29) is 31.8 Å². The molecule has 0 spiro atoms. The number of phosphoric acid groups is 1. The molecule has 1 N–H and O–H groups in total. The van der Waals surface area contributed by atoms with E-state index < -0.39 is 43.6 Å². The molecule has 5 atom stereocenters. The van der Waals surface area contributed by atoms with Crippen molar-refractivity contribution in [1.82, 2.24) is 9.55 Å². The van der Waals surface area contributed by atoms with Gasteiger partial charge in [0.05, 0.1) is 19.3 Å². The fourth-order valence-corrected chi connectivity index (χ4v) is 3.95. The Hall–Kier alpha value is -1.77. The van der Waals surface area contributed by atoms with Crippen LogP contribution in [0.4, 0.5) is 0 Å². The number of terminal acetylenes is 1. The number of nitrogens with zero attached hydrogens (tertiary/aromatic N) is 1. The van der Waals surface area contributed by atoms with Crippen LogP contribution >= 0.6 is 7.82 Å². The van der Waals surface area contributed by atoms with E-state index in [2.05, 4.69) is 10.9 Å². The Labute approximate surface area is 180 Å². The summed E-state index contributed by atoms with van der Waals surface area (Å²) in [5.74, 6) is 2.24. The number of hydrogen-bond acceptors (Lipinski definition) is 9. The van der Waals surface area contributed by atoms with Crippen molar-refractivity contribution < 1.29 is 32.7 Å². The van der Waals surface area contributed by atoms with Crippen LogP contribution < -0.4 is 16.1 Å². The van der Waals surface area contributed by atoms with Gasteiger partial charge in [0.1, 0.15) is 24.9 Å². The molecule has 1 fully saturated rings. The van der Waals surface area contributed by atoms with Crippen LogP contribution in [0.5, 0.6) is 0 Å². The summed E-state index contributed by atoms with van der Waals surface area (Å²) in [6.07, 6.45) is 1.94. The van der Waals surface area contributed by atoms with Crippen LogP contribution in [-0.2, 0) is 27.8 Å². The first-order chi connectivity index (χ1) is 14.5. The molecule has 2 heterocycles. The molecule has 0 amide bonds. The molecule has 2 rings (SSSR count). The van der Waals surface area contributed by atoms with Crippen molar-refractivity contribution in [3.8, 4) is 12.3 Å². The van der Waals surface area contributed by atoms with E-state index in [9.17, 15) is 19.0 Å². The molecule has 0 bridgehead atoms. The van der Waals surface area contributed by atoms with Crippen molar-refractivity contribution in [2.45, 2.75) is 58.3 Å². The average molecular weight is 459 g/mol. The molecule has 1 aromatic heterocycles.